The van der Waals surface area contributed by atoms with Crippen molar-refractivity contribution < 1.29 is 9.84 Å². The summed E-state index contributed by atoms with van der Waals surface area (Å²) in [5.41, 5.74) is 3.27. The van der Waals surface area contributed by atoms with E-state index in [2.05, 4.69) is 10.2 Å². The van der Waals surface area contributed by atoms with Crippen LogP contribution in [0, 0.1) is 0 Å². The average molecular weight is 377 g/mol. The van der Waals surface area contributed by atoms with Gasteiger partial charge in [0.1, 0.15) is 0 Å². The van der Waals surface area contributed by atoms with Gasteiger partial charge in [-0.15, -0.1) is 0 Å². The van der Waals surface area contributed by atoms with Gasteiger partial charge in [0.05, 0.1) is 7.11 Å². The monoisotopic (exact) mass is 376 g/mol. The summed E-state index contributed by atoms with van der Waals surface area (Å²) in [4.78, 5) is 2.13. The summed E-state index contributed by atoms with van der Waals surface area (Å²) in [6, 6.07) is 11.7. The van der Waals surface area contributed by atoms with Crippen LogP contribution in [0.15, 0.2) is 36.4 Å². The van der Waals surface area contributed by atoms with Crippen LogP contribution >= 0.6 is 23.8 Å². The molecule has 25 heavy (non-hydrogen) atoms. The first-order chi connectivity index (χ1) is 12.1. The molecule has 1 aliphatic rings. The number of nitrogens with zero attached hydrogens (tertiary/aromatic N) is 1. The van der Waals surface area contributed by atoms with Crippen molar-refractivity contribution in [1.82, 2.24) is 10.2 Å². The van der Waals surface area contributed by atoms with Gasteiger partial charge in [-0.05, 0) is 54.4 Å². The van der Waals surface area contributed by atoms with Crippen LogP contribution in [0.25, 0.3) is 0 Å². The third kappa shape index (κ3) is 4.17. The summed E-state index contributed by atoms with van der Waals surface area (Å²) in [5.74, 6) is 0.775. The number of fused-ring (bicyclic) bond motifs is 1. The third-order valence-electron chi connectivity index (χ3n) is 4.45. The number of methoxy groups -OCH3 is 1. The summed E-state index contributed by atoms with van der Waals surface area (Å²) in [6.07, 6.45) is 1.64. The van der Waals surface area contributed by atoms with E-state index in [0.717, 1.165) is 47.2 Å². The fraction of sp³-hybridized carbons (Fsp3) is 0.316. The van der Waals surface area contributed by atoms with E-state index in [9.17, 15) is 5.11 Å². The molecule has 0 radical (unpaired) electrons. The highest BCUT2D eigenvalue weighted by Gasteiger charge is 2.22. The highest BCUT2D eigenvalue weighted by molar-refractivity contribution is 7.80. The van der Waals surface area contributed by atoms with Crippen molar-refractivity contribution in [2.75, 3.05) is 20.2 Å². The lowest BCUT2D eigenvalue weighted by Crippen LogP contribution is -2.43. The van der Waals surface area contributed by atoms with E-state index >= 15 is 0 Å². The van der Waals surface area contributed by atoms with Crippen LogP contribution in [-0.2, 0) is 19.4 Å². The van der Waals surface area contributed by atoms with Gasteiger partial charge < -0.3 is 20.1 Å². The minimum absolute atomic E-state index is 0.251. The molecule has 0 unspecified atom stereocenters. The van der Waals surface area contributed by atoms with Crippen LogP contribution in [-0.4, -0.2) is 35.3 Å². The number of benzene rings is 2. The Balaban J connectivity index is 1.55. The van der Waals surface area contributed by atoms with Crippen LogP contribution in [0.5, 0.6) is 11.5 Å². The quantitative estimate of drug-likeness (QED) is 0.799. The van der Waals surface area contributed by atoms with Gasteiger partial charge in [-0.1, -0.05) is 29.8 Å². The number of phenols is 1. The van der Waals surface area contributed by atoms with Gasteiger partial charge in [-0.2, -0.15) is 0 Å². The zero-order valence-electron chi connectivity index (χ0n) is 14.1. The van der Waals surface area contributed by atoms with Crippen LogP contribution in [0.2, 0.25) is 5.02 Å². The molecule has 1 aliphatic heterocycles. The molecule has 0 aromatic heterocycles. The van der Waals surface area contributed by atoms with Gasteiger partial charge in [0.15, 0.2) is 16.6 Å². The first-order valence-electron chi connectivity index (χ1n) is 8.23. The maximum Gasteiger partial charge on any atom is 0.169 e. The lowest BCUT2D eigenvalue weighted by atomic mass is 9.98. The summed E-state index contributed by atoms with van der Waals surface area (Å²) < 4.78 is 5.18. The summed E-state index contributed by atoms with van der Waals surface area (Å²) in [6.45, 7) is 2.25. The number of thiocarbonyl (C=S) groups is 1. The highest BCUT2D eigenvalue weighted by atomic mass is 35.5. The minimum atomic E-state index is 0.251. The smallest absolute Gasteiger partial charge is 0.169 e. The Morgan fingerprint density at radius 2 is 2.04 bits per heavy atom. The number of phenolic OH excluding ortho intramolecular Hbond substituents is 1. The van der Waals surface area contributed by atoms with Gasteiger partial charge in [-0.3, -0.25) is 0 Å². The molecule has 3 rings (SSSR count). The standard InChI is InChI=1S/C19H21ClN2O2S/c1-24-17-7-4-14-12-22(11-9-16(14)18(17)23)19(25)21-10-8-13-2-5-15(20)6-3-13/h2-7,23H,8-12H2,1H3,(H,21,25). The molecule has 0 saturated heterocycles. The Kier molecular flexibility index (Phi) is 5.66. The number of halogens is 1. The molecule has 6 heteroatoms. The van der Waals surface area contributed by atoms with Crippen LogP contribution in [0.1, 0.15) is 16.7 Å². The third-order valence-corrected chi connectivity index (χ3v) is 5.10. The molecule has 0 spiro atoms. The molecule has 2 aromatic rings. The second kappa shape index (κ2) is 7.93. The van der Waals surface area contributed by atoms with Crippen LogP contribution < -0.4 is 10.1 Å². The Hall–Kier alpha value is -1.98. The van der Waals surface area contributed by atoms with Gasteiger partial charge in [0, 0.05) is 30.2 Å². The fourth-order valence-corrected chi connectivity index (χ4v) is 3.41. The molecule has 0 fully saturated rings. The van der Waals surface area contributed by atoms with Crippen molar-refractivity contribution in [3.63, 3.8) is 0 Å². The lowest BCUT2D eigenvalue weighted by molar-refractivity contribution is 0.351. The van der Waals surface area contributed by atoms with E-state index in [1.807, 2.05) is 30.3 Å². The lowest BCUT2D eigenvalue weighted by Gasteiger charge is -2.31. The van der Waals surface area contributed by atoms with E-state index in [4.69, 9.17) is 28.6 Å². The molecule has 0 bridgehead atoms. The molecule has 1 heterocycles. The molecule has 4 nitrogen and oxygen atoms in total. The second-order valence-corrected chi connectivity index (χ2v) is 6.86. The fourth-order valence-electron chi connectivity index (χ4n) is 3.03. The predicted molar refractivity (Wildman–Crippen MR) is 105 cm³/mol. The number of rotatable bonds is 4. The van der Waals surface area contributed by atoms with Gasteiger partial charge in [-0.25, -0.2) is 0 Å². The molecule has 0 atom stereocenters. The predicted octanol–water partition coefficient (Wildman–Crippen LogP) is 3.53. The van der Waals surface area contributed by atoms with E-state index in [0.29, 0.717) is 12.3 Å². The molecule has 2 N–H and O–H groups in total. The Labute approximate surface area is 158 Å². The molecular formula is C19H21ClN2O2S. The molecule has 0 saturated carbocycles. The Morgan fingerprint density at radius 1 is 1.28 bits per heavy atom. The van der Waals surface area contributed by atoms with E-state index < -0.39 is 0 Å². The molecule has 0 amide bonds. The zero-order valence-corrected chi connectivity index (χ0v) is 15.7. The molecule has 2 aromatic carbocycles. The Morgan fingerprint density at radius 3 is 2.76 bits per heavy atom. The maximum absolute atomic E-state index is 10.2. The summed E-state index contributed by atoms with van der Waals surface area (Å²) in [7, 11) is 1.57. The molecular weight excluding hydrogens is 356 g/mol. The van der Waals surface area contributed by atoms with E-state index in [1.54, 1.807) is 13.2 Å². The van der Waals surface area contributed by atoms with Crippen molar-refractivity contribution in [2.45, 2.75) is 19.4 Å². The number of hydrogen-bond donors (Lipinski definition) is 2. The summed E-state index contributed by atoms with van der Waals surface area (Å²) >= 11 is 11.4. The number of aromatic hydroxyl groups is 1. The molecule has 132 valence electrons. The zero-order chi connectivity index (χ0) is 17.8. The van der Waals surface area contributed by atoms with Gasteiger partial charge in [0.2, 0.25) is 0 Å². The number of hydrogen-bond acceptors (Lipinski definition) is 3. The SMILES string of the molecule is COc1ccc2c(c1O)CCN(C(=S)NCCc1ccc(Cl)cc1)C2. The van der Waals surface area contributed by atoms with Gasteiger partial charge in [0.25, 0.3) is 0 Å². The van der Waals surface area contributed by atoms with Crippen LogP contribution in [0.3, 0.4) is 0 Å². The topological polar surface area (TPSA) is 44.7 Å². The second-order valence-electron chi connectivity index (χ2n) is 6.03. The van der Waals surface area contributed by atoms with E-state index in [-0.39, 0.29) is 5.75 Å². The number of ether oxygens (including phenoxy) is 1. The largest absolute Gasteiger partial charge is 0.504 e. The number of nitrogens with one attached hydrogen (secondary N) is 1. The van der Waals surface area contributed by atoms with Crippen molar-refractivity contribution in [1.29, 1.82) is 0 Å². The van der Waals surface area contributed by atoms with Gasteiger partial charge >= 0.3 is 0 Å². The molecule has 0 aliphatic carbocycles. The first kappa shape index (κ1) is 17.8. The van der Waals surface area contributed by atoms with Crippen molar-refractivity contribution in [2.24, 2.45) is 0 Å². The van der Waals surface area contributed by atoms with Crippen LogP contribution in [0.4, 0.5) is 0 Å². The maximum atomic E-state index is 10.2. The normalized spacial score (nSPS) is 13.3. The Bertz CT molecular complexity index is 765. The van der Waals surface area contributed by atoms with Crippen molar-refractivity contribution >= 4 is 28.9 Å². The first-order valence-corrected chi connectivity index (χ1v) is 9.02. The van der Waals surface area contributed by atoms with Crippen molar-refractivity contribution in [3.8, 4) is 11.5 Å². The highest BCUT2D eigenvalue weighted by Crippen LogP contribution is 2.35. The average Bonchev–Trinajstić information content (AvgIpc) is 2.63. The van der Waals surface area contributed by atoms with E-state index in [1.165, 1.54) is 5.56 Å². The van der Waals surface area contributed by atoms with Crippen molar-refractivity contribution in [3.05, 3.63) is 58.1 Å². The minimum Gasteiger partial charge on any atom is -0.504 e. The summed E-state index contributed by atoms with van der Waals surface area (Å²) in [5, 5.41) is 15.1.